The number of hydrogen-bond donors (Lipinski definition) is 1. The number of benzene rings is 2. The molecule has 1 N–H and O–H groups in total. The third-order valence-electron chi connectivity index (χ3n) is 6.54. The average Bonchev–Trinajstić information content (AvgIpc) is 3.29. The van der Waals surface area contributed by atoms with Gasteiger partial charge in [-0.15, -0.1) is 0 Å². The topological polar surface area (TPSA) is 101 Å². The summed E-state index contributed by atoms with van der Waals surface area (Å²) in [7, 11) is -3.74. The van der Waals surface area contributed by atoms with Gasteiger partial charge in [0.1, 0.15) is 5.82 Å². The van der Waals surface area contributed by atoms with Crippen LogP contribution in [-0.4, -0.2) is 38.8 Å². The Morgan fingerprint density at radius 2 is 1.78 bits per heavy atom. The molecule has 5 aromatic rings. The molecular formula is C27H23N5O3S. The second-order valence-electron chi connectivity index (χ2n) is 8.83. The second kappa shape index (κ2) is 8.85. The Labute approximate surface area is 207 Å². The van der Waals surface area contributed by atoms with Crippen LogP contribution in [0.4, 0.5) is 0 Å². The quantitative estimate of drug-likeness (QED) is 0.398. The van der Waals surface area contributed by atoms with Crippen molar-refractivity contribution in [2.75, 3.05) is 6.54 Å². The first kappa shape index (κ1) is 22.4. The Balaban J connectivity index is 1.32. The van der Waals surface area contributed by atoms with E-state index in [-0.39, 0.29) is 10.5 Å². The van der Waals surface area contributed by atoms with E-state index in [0.29, 0.717) is 43.0 Å². The third kappa shape index (κ3) is 3.92. The lowest BCUT2D eigenvalue weighted by Gasteiger charge is -2.27. The number of fused-ring (bicyclic) bond motifs is 2. The van der Waals surface area contributed by atoms with Crippen LogP contribution in [0, 0.1) is 0 Å². The summed E-state index contributed by atoms with van der Waals surface area (Å²) in [5, 5.41) is 0.877. The minimum absolute atomic E-state index is 0.155. The van der Waals surface area contributed by atoms with E-state index >= 15 is 0 Å². The van der Waals surface area contributed by atoms with Crippen molar-refractivity contribution in [2.45, 2.75) is 24.4 Å². The molecule has 1 aliphatic heterocycles. The van der Waals surface area contributed by atoms with Crippen molar-refractivity contribution in [3.63, 3.8) is 0 Å². The maximum atomic E-state index is 13.4. The predicted molar refractivity (Wildman–Crippen MR) is 137 cm³/mol. The smallest absolute Gasteiger partial charge is 0.268 e. The molecule has 0 saturated heterocycles. The molecule has 3 aromatic heterocycles. The highest BCUT2D eigenvalue weighted by Gasteiger charge is 2.25. The lowest BCUT2D eigenvalue weighted by molar-refractivity contribution is 0.242. The van der Waals surface area contributed by atoms with Gasteiger partial charge < -0.3 is 4.98 Å². The van der Waals surface area contributed by atoms with Gasteiger partial charge in [-0.1, -0.05) is 36.4 Å². The van der Waals surface area contributed by atoms with E-state index in [1.54, 1.807) is 48.9 Å². The molecule has 180 valence electrons. The maximum Gasteiger partial charge on any atom is 0.268 e. The van der Waals surface area contributed by atoms with Crippen LogP contribution in [0.15, 0.2) is 95.0 Å². The molecule has 0 aliphatic carbocycles. The lowest BCUT2D eigenvalue weighted by Crippen LogP contribution is -2.35. The van der Waals surface area contributed by atoms with Gasteiger partial charge in [0.25, 0.3) is 15.6 Å². The van der Waals surface area contributed by atoms with Crippen LogP contribution in [0.1, 0.15) is 16.8 Å². The van der Waals surface area contributed by atoms with Crippen LogP contribution in [0.3, 0.4) is 0 Å². The summed E-state index contributed by atoms with van der Waals surface area (Å²) in [6, 6.07) is 19.6. The summed E-state index contributed by atoms with van der Waals surface area (Å²) >= 11 is 0. The van der Waals surface area contributed by atoms with Gasteiger partial charge in [0, 0.05) is 55.6 Å². The standard InChI is InChI=1S/C27H23N5O3S/c33-27-23-18-31(14-12-24(23)29-26(30-27)19-7-6-13-28-15-19)16-20-17-32(25-11-5-4-10-22(20)25)36(34,35)21-8-2-1-3-9-21/h1-11,13,15,17H,12,14,16,18H2,(H,29,30,33). The van der Waals surface area contributed by atoms with Gasteiger partial charge in [0.2, 0.25) is 0 Å². The minimum atomic E-state index is -3.74. The zero-order chi connectivity index (χ0) is 24.7. The maximum absolute atomic E-state index is 13.4. The first-order valence-electron chi connectivity index (χ1n) is 11.6. The summed E-state index contributed by atoms with van der Waals surface area (Å²) in [5.41, 5.74) is 3.58. The highest BCUT2D eigenvalue weighted by atomic mass is 32.2. The van der Waals surface area contributed by atoms with E-state index in [9.17, 15) is 13.2 Å². The number of H-pyrrole nitrogens is 1. The summed E-state index contributed by atoms with van der Waals surface area (Å²) in [6.45, 7) is 1.66. The van der Waals surface area contributed by atoms with Gasteiger partial charge in [-0.2, -0.15) is 0 Å². The number of para-hydroxylation sites is 1. The van der Waals surface area contributed by atoms with Crippen molar-refractivity contribution in [3.05, 3.63) is 112 Å². The van der Waals surface area contributed by atoms with Gasteiger partial charge in [0.15, 0.2) is 0 Å². The highest BCUT2D eigenvalue weighted by Crippen LogP contribution is 2.28. The summed E-state index contributed by atoms with van der Waals surface area (Å²) < 4.78 is 28.2. The third-order valence-corrected chi connectivity index (χ3v) is 8.23. The van der Waals surface area contributed by atoms with Gasteiger partial charge in [-0.05, 0) is 35.9 Å². The Morgan fingerprint density at radius 3 is 2.58 bits per heavy atom. The fourth-order valence-corrected chi connectivity index (χ4v) is 6.16. The van der Waals surface area contributed by atoms with Crippen molar-refractivity contribution in [1.29, 1.82) is 0 Å². The predicted octanol–water partition coefficient (Wildman–Crippen LogP) is 3.58. The van der Waals surface area contributed by atoms with Crippen molar-refractivity contribution >= 4 is 20.9 Å². The van der Waals surface area contributed by atoms with Crippen molar-refractivity contribution < 1.29 is 8.42 Å². The number of aromatic amines is 1. The van der Waals surface area contributed by atoms with Crippen LogP contribution in [-0.2, 0) is 29.5 Å². The van der Waals surface area contributed by atoms with Crippen molar-refractivity contribution in [2.24, 2.45) is 0 Å². The van der Waals surface area contributed by atoms with Crippen LogP contribution < -0.4 is 5.56 Å². The first-order chi connectivity index (χ1) is 17.5. The van der Waals surface area contributed by atoms with Crippen LogP contribution in [0.2, 0.25) is 0 Å². The SMILES string of the molecule is O=c1[nH]c(-c2cccnc2)nc2c1CN(Cc1cn(S(=O)(=O)c3ccccc3)c3ccccc13)CC2. The molecule has 0 saturated carbocycles. The molecule has 0 amide bonds. The molecule has 8 nitrogen and oxygen atoms in total. The van der Waals surface area contributed by atoms with E-state index in [0.717, 1.165) is 22.2 Å². The van der Waals surface area contributed by atoms with Crippen molar-refractivity contribution in [3.8, 4) is 11.4 Å². The summed E-state index contributed by atoms with van der Waals surface area (Å²) in [4.78, 5) is 27.0. The minimum Gasteiger partial charge on any atom is -0.306 e. The van der Waals surface area contributed by atoms with Crippen LogP contribution in [0.5, 0.6) is 0 Å². The zero-order valence-electron chi connectivity index (χ0n) is 19.3. The molecule has 1 aliphatic rings. The summed E-state index contributed by atoms with van der Waals surface area (Å²) in [5.74, 6) is 0.523. The average molecular weight is 498 g/mol. The molecule has 0 bridgehead atoms. The van der Waals surface area contributed by atoms with Crippen molar-refractivity contribution in [1.82, 2.24) is 23.8 Å². The summed E-state index contributed by atoms with van der Waals surface area (Å²) in [6.07, 6.45) is 5.70. The molecule has 0 radical (unpaired) electrons. The number of rotatable bonds is 5. The Bertz CT molecular complexity index is 1730. The molecule has 2 aromatic carbocycles. The van der Waals surface area contributed by atoms with Gasteiger partial charge in [0.05, 0.1) is 21.7 Å². The highest BCUT2D eigenvalue weighted by molar-refractivity contribution is 7.90. The molecular weight excluding hydrogens is 474 g/mol. The van der Waals surface area contributed by atoms with Gasteiger partial charge in [-0.25, -0.2) is 17.4 Å². The molecule has 9 heteroatoms. The lowest BCUT2D eigenvalue weighted by atomic mass is 10.1. The largest absolute Gasteiger partial charge is 0.306 e. The van der Waals surface area contributed by atoms with Crippen LogP contribution >= 0.6 is 0 Å². The molecule has 0 spiro atoms. The Kier molecular flexibility index (Phi) is 5.50. The number of hydrogen-bond acceptors (Lipinski definition) is 6. The molecule has 36 heavy (non-hydrogen) atoms. The van der Waals surface area contributed by atoms with Gasteiger partial charge in [-0.3, -0.25) is 14.7 Å². The fraction of sp³-hybridized carbons (Fsp3) is 0.148. The van der Waals surface area contributed by atoms with E-state index in [1.807, 2.05) is 36.4 Å². The molecule has 4 heterocycles. The number of nitrogens with one attached hydrogen (secondary N) is 1. The Hall–Kier alpha value is -4.08. The molecule has 6 rings (SSSR count). The Morgan fingerprint density at radius 1 is 0.972 bits per heavy atom. The van der Waals surface area contributed by atoms with Crippen LogP contribution in [0.25, 0.3) is 22.3 Å². The number of aromatic nitrogens is 4. The molecule has 0 fully saturated rings. The van der Waals surface area contributed by atoms with Gasteiger partial charge >= 0.3 is 0 Å². The first-order valence-corrected chi connectivity index (χ1v) is 13.1. The molecule has 0 unspecified atom stereocenters. The monoisotopic (exact) mass is 497 g/mol. The molecule has 0 atom stereocenters. The zero-order valence-corrected chi connectivity index (χ0v) is 20.1. The van der Waals surface area contributed by atoms with E-state index in [1.165, 1.54) is 3.97 Å². The van der Waals surface area contributed by atoms with E-state index in [2.05, 4.69) is 14.9 Å². The normalized spacial score (nSPS) is 14.1. The number of pyridine rings is 1. The number of nitrogens with zero attached hydrogens (tertiary/aromatic N) is 4. The van der Waals surface area contributed by atoms with E-state index in [4.69, 9.17) is 4.98 Å². The van der Waals surface area contributed by atoms with E-state index < -0.39 is 10.0 Å². The second-order valence-corrected chi connectivity index (χ2v) is 10.6. The fourth-order valence-electron chi connectivity index (χ4n) is 4.75.